The van der Waals surface area contributed by atoms with Gasteiger partial charge in [0.05, 0.1) is 12.3 Å². The second kappa shape index (κ2) is 6.15. The largest absolute Gasteiger partial charge is 0.272 e. The van der Waals surface area contributed by atoms with E-state index in [4.69, 9.17) is 0 Å². The van der Waals surface area contributed by atoms with Crippen LogP contribution in [0.2, 0.25) is 0 Å². The fourth-order valence-electron chi connectivity index (χ4n) is 1.73. The molecule has 0 saturated carbocycles. The Bertz CT molecular complexity index is 669. The van der Waals surface area contributed by atoms with Crippen molar-refractivity contribution in [1.82, 2.24) is 14.5 Å². The SMILES string of the molecule is Cc1cc(CNS(=O)(=O)CCn2cccn2)ccc1F. The summed E-state index contributed by atoms with van der Waals surface area (Å²) in [4.78, 5) is 0. The van der Waals surface area contributed by atoms with E-state index in [1.54, 1.807) is 42.2 Å². The molecule has 1 N–H and O–H groups in total. The predicted molar refractivity (Wildman–Crippen MR) is 74.0 cm³/mol. The molecule has 0 bridgehead atoms. The molecule has 0 unspecified atom stereocenters. The Morgan fingerprint density at radius 2 is 2.20 bits per heavy atom. The molecule has 1 aromatic carbocycles. The van der Waals surface area contributed by atoms with Crippen LogP contribution >= 0.6 is 0 Å². The van der Waals surface area contributed by atoms with Crippen molar-refractivity contribution >= 4 is 10.0 Å². The Morgan fingerprint density at radius 1 is 1.40 bits per heavy atom. The highest BCUT2D eigenvalue weighted by Gasteiger charge is 2.10. The minimum atomic E-state index is -3.38. The van der Waals surface area contributed by atoms with E-state index in [0.717, 1.165) is 5.56 Å². The van der Waals surface area contributed by atoms with Crippen molar-refractivity contribution < 1.29 is 12.8 Å². The molecule has 0 saturated heterocycles. The molecule has 0 aliphatic carbocycles. The lowest BCUT2D eigenvalue weighted by Gasteiger charge is -2.08. The summed E-state index contributed by atoms with van der Waals surface area (Å²) < 4.78 is 40.8. The van der Waals surface area contributed by atoms with E-state index in [-0.39, 0.29) is 18.1 Å². The minimum absolute atomic E-state index is 0.0468. The van der Waals surface area contributed by atoms with Crippen molar-refractivity contribution in [2.24, 2.45) is 0 Å². The van der Waals surface area contributed by atoms with Gasteiger partial charge < -0.3 is 0 Å². The van der Waals surface area contributed by atoms with Crippen LogP contribution in [-0.4, -0.2) is 24.0 Å². The fraction of sp³-hybridized carbons (Fsp3) is 0.308. The van der Waals surface area contributed by atoms with E-state index in [9.17, 15) is 12.8 Å². The Balaban J connectivity index is 1.90. The average molecular weight is 297 g/mol. The number of sulfonamides is 1. The van der Waals surface area contributed by atoms with E-state index >= 15 is 0 Å². The van der Waals surface area contributed by atoms with E-state index in [2.05, 4.69) is 9.82 Å². The minimum Gasteiger partial charge on any atom is -0.272 e. The Morgan fingerprint density at radius 3 is 2.85 bits per heavy atom. The van der Waals surface area contributed by atoms with Crippen LogP contribution in [0.3, 0.4) is 0 Å². The third kappa shape index (κ3) is 4.14. The topological polar surface area (TPSA) is 64.0 Å². The van der Waals surface area contributed by atoms with Crippen molar-refractivity contribution in [3.63, 3.8) is 0 Å². The third-order valence-electron chi connectivity index (χ3n) is 2.87. The number of nitrogens with zero attached hydrogens (tertiary/aromatic N) is 2. The monoisotopic (exact) mass is 297 g/mol. The predicted octanol–water partition coefficient (Wildman–Crippen LogP) is 1.45. The first-order chi connectivity index (χ1) is 9.46. The maximum atomic E-state index is 13.1. The number of benzene rings is 1. The van der Waals surface area contributed by atoms with Gasteiger partial charge in [-0.1, -0.05) is 12.1 Å². The van der Waals surface area contributed by atoms with Crippen molar-refractivity contribution in [1.29, 1.82) is 0 Å². The van der Waals surface area contributed by atoms with Gasteiger partial charge in [0.2, 0.25) is 10.0 Å². The average Bonchev–Trinajstić information content (AvgIpc) is 2.91. The van der Waals surface area contributed by atoms with Gasteiger partial charge in [-0.25, -0.2) is 17.5 Å². The van der Waals surface area contributed by atoms with Crippen LogP contribution in [0.15, 0.2) is 36.7 Å². The molecular formula is C13H16FN3O2S. The molecule has 0 aliphatic heterocycles. The zero-order valence-corrected chi connectivity index (χ0v) is 11.9. The molecule has 20 heavy (non-hydrogen) atoms. The highest BCUT2D eigenvalue weighted by Crippen LogP contribution is 2.09. The van der Waals surface area contributed by atoms with Gasteiger partial charge in [0.1, 0.15) is 5.82 Å². The maximum Gasteiger partial charge on any atom is 0.213 e. The van der Waals surface area contributed by atoms with E-state index < -0.39 is 10.0 Å². The third-order valence-corrected chi connectivity index (χ3v) is 4.17. The summed E-state index contributed by atoms with van der Waals surface area (Å²) in [5.41, 5.74) is 1.23. The van der Waals surface area contributed by atoms with Gasteiger partial charge in [-0.05, 0) is 30.2 Å². The number of hydrogen-bond donors (Lipinski definition) is 1. The van der Waals surface area contributed by atoms with E-state index in [1.165, 1.54) is 6.07 Å². The van der Waals surface area contributed by atoms with Crippen molar-refractivity contribution in [2.75, 3.05) is 5.75 Å². The molecule has 0 atom stereocenters. The number of aromatic nitrogens is 2. The van der Waals surface area contributed by atoms with E-state index in [0.29, 0.717) is 12.1 Å². The smallest absolute Gasteiger partial charge is 0.213 e. The van der Waals surface area contributed by atoms with Gasteiger partial charge >= 0.3 is 0 Å². The zero-order chi connectivity index (χ0) is 14.6. The van der Waals surface area contributed by atoms with Gasteiger partial charge in [-0.3, -0.25) is 4.68 Å². The summed E-state index contributed by atoms with van der Waals surface area (Å²) in [6.45, 7) is 2.10. The Kier molecular flexibility index (Phi) is 4.51. The van der Waals surface area contributed by atoms with Gasteiger partial charge in [-0.2, -0.15) is 5.10 Å². The number of halogens is 1. The van der Waals surface area contributed by atoms with Crippen molar-refractivity contribution in [2.45, 2.75) is 20.0 Å². The molecular weight excluding hydrogens is 281 g/mol. The molecule has 0 radical (unpaired) electrons. The van der Waals surface area contributed by atoms with Crippen LogP contribution in [0, 0.1) is 12.7 Å². The lowest BCUT2D eigenvalue weighted by Crippen LogP contribution is -2.28. The summed E-state index contributed by atoms with van der Waals surface area (Å²) in [5, 5.41) is 3.94. The molecule has 1 aromatic heterocycles. The van der Waals surface area contributed by atoms with Gasteiger partial charge in [0.25, 0.3) is 0 Å². The van der Waals surface area contributed by atoms with Gasteiger partial charge in [0, 0.05) is 18.9 Å². The van der Waals surface area contributed by atoms with Crippen LogP contribution in [0.5, 0.6) is 0 Å². The first kappa shape index (κ1) is 14.7. The molecule has 2 rings (SSSR count). The van der Waals surface area contributed by atoms with Crippen LogP contribution in [-0.2, 0) is 23.1 Å². The lowest BCUT2D eigenvalue weighted by atomic mass is 10.1. The molecule has 108 valence electrons. The molecule has 0 aliphatic rings. The summed E-state index contributed by atoms with van der Waals surface area (Å²) >= 11 is 0. The summed E-state index contributed by atoms with van der Waals surface area (Å²) in [6, 6.07) is 6.27. The van der Waals surface area contributed by atoms with Gasteiger partial charge in [-0.15, -0.1) is 0 Å². The Labute approximate surface area is 117 Å². The maximum absolute atomic E-state index is 13.1. The molecule has 2 aromatic rings. The van der Waals surface area contributed by atoms with Crippen LogP contribution in [0.4, 0.5) is 4.39 Å². The molecule has 5 nitrogen and oxygen atoms in total. The Hall–Kier alpha value is -1.73. The summed E-state index contributed by atoms with van der Waals surface area (Å²) in [5.74, 6) is -0.343. The van der Waals surface area contributed by atoms with Crippen molar-refractivity contribution in [3.8, 4) is 0 Å². The highest BCUT2D eigenvalue weighted by molar-refractivity contribution is 7.89. The molecule has 7 heteroatoms. The van der Waals surface area contributed by atoms with E-state index in [1.807, 2.05) is 0 Å². The summed E-state index contributed by atoms with van der Waals surface area (Å²) in [6.07, 6.45) is 3.31. The quantitative estimate of drug-likeness (QED) is 0.877. The fourth-order valence-corrected chi connectivity index (χ4v) is 2.69. The van der Waals surface area contributed by atoms with Crippen LogP contribution in [0.25, 0.3) is 0 Å². The second-order valence-corrected chi connectivity index (χ2v) is 6.42. The normalized spacial score (nSPS) is 11.7. The zero-order valence-electron chi connectivity index (χ0n) is 11.1. The van der Waals surface area contributed by atoms with Crippen LogP contribution < -0.4 is 4.72 Å². The first-order valence-corrected chi connectivity index (χ1v) is 7.81. The lowest BCUT2D eigenvalue weighted by molar-refractivity contribution is 0.567. The molecule has 0 fully saturated rings. The van der Waals surface area contributed by atoms with Crippen molar-refractivity contribution in [3.05, 3.63) is 53.6 Å². The number of rotatable bonds is 6. The molecule has 1 heterocycles. The molecule has 0 amide bonds. The standard InChI is InChI=1S/C13H16FN3O2S/c1-11-9-12(3-4-13(11)14)10-16-20(18,19)8-7-17-6-2-5-15-17/h2-6,9,16H,7-8,10H2,1H3. The number of aryl methyl sites for hydroxylation is 2. The number of hydrogen-bond acceptors (Lipinski definition) is 3. The second-order valence-electron chi connectivity index (χ2n) is 4.49. The van der Waals surface area contributed by atoms with Gasteiger partial charge in [0.15, 0.2) is 0 Å². The highest BCUT2D eigenvalue weighted by atomic mass is 32.2. The van der Waals surface area contributed by atoms with Crippen LogP contribution in [0.1, 0.15) is 11.1 Å². The molecule has 0 spiro atoms. The number of nitrogens with one attached hydrogen (secondary N) is 1. The first-order valence-electron chi connectivity index (χ1n) is 6.16. The summed E-state index contributed by atoms with van der Waals surface area (Å²) in [7, 11) is -3.38.